The van der Waals surface area contributed by atoms with Crippen molar-refractivity contribution in [2.75, 3.05) is 28.4 Å². The molecule has 5 nitrogen and oxygen atoms in total. The Labute approximate surface area is 166 Å². The van der Waals surface area contributed by atoms with Crippen LogP contribution >= 0.6 is 0 Å². The summed E-state index contributed by atoms with van der Waals surface area (Å²) in [6, 6.07) is 7.45. The van der Waals surface area contributed by atoms with E-state index in [0.29, 0.717) is 23.0 Å². The number of allylic oxidation sites excluding steroid dienone is 2. The van der Waals surface area contributed by atoms with E-state index in [0.717, 1.165) is 22.3 Å². The summed E-state index contributed by atoms with van der Waals surface area (Å²) in [7, 11) is 6.42. The van der Waals surface area contributed by atoms with Gasteiger partial charge in [0.1, 0.15) is 23.0 Å². The fraction of sp³-hybridized carbons (Fsp3) is 0.261. The molecule has 5 heteroatoms. The summed E-state index contributed by atoms with van der Waals surface area (Å²) >= 11 is 0. The number of ketones is 1. The van der Waals surface area contributed by atoms with E-state index in [1.54, 1.807) is 40.6 Å². The minimum absolute atomic E-state index is 0.142. The molecule has 2 aromatic rings. The van der Waals surface area contributed by atoms with Gasteiger partial charge in [-0.1, -0.05) is 12.2 Å². The summed E-state index contributed by atoms with van der Waals surface area (Å²) in [6.07, 6.45) is 6.46. The van der Waals surface area contributed by atoms with Crippen LogP contribution in [0, 0.1) is 13.8 Å². The van der Waals surface area contributed by atoms with E-state index in [-0.39, 0.29) is 5.78 Å². The van der Waals surface area contributed by atoms with Crippen molar-refractivity contribution in [2.24, 2.45) is 0 Å². The molecule has 0 amide bonds. The van der Waals surface area contributed by atoms with E-state index in [9.17, 15) is 4.79 Å². The molecule has 0 saturated heterocycles. The minimum atomic E-state index is -0.142. The maximum atomic E-state index is 12.2. The van der Waals surface area contributed by atoms with Gasteiger partial charge in [-0.15, -0.1) is 0 Å². The Bertz CT molecular complexity index is 786. The second-order valence-electron chi connectivity index (χ2n) is 6.17. The first-order valence-corrected chi connectivity index (χ1v) is 8.78. The van der Waals surface area contributed by atoms with Crippen LogP contribution in [0.4, 0.5) is 0 Å². The Morgan fingerprint density at radius 1 is 0.643 bits per heavy atom. The van der Waals surface area contributed by atoms with Crippen molar-refractivity contribution in [1.82, 2.24) is 0 Å². The first-order chi connectivity index (χ1) is 13.4. The topological polar surface area (TPSA) is 54.0 Å². The fourth-order valence-electron chi connectivity index (χ4n) is 2.82. The lowest BCUT2D eigenvalue weighted by Gasteiger charge is -2.11. The van der Waals surface area contributed by atoms with Crippen LogP contribution in [-0.4, -0.2) is 34.2 Å². The van der Waals surface area contributed by atoms with Gasteiger partial charge in [0, 0.05) is 11.1 Å². The predicted molar refractivity (Wildman–Crippen MR) is 112 cm³/mol. The lowest BCUT2D eigenvalue weighted by Crippen LogP contribution is -1.94. The Morgan fingerprint density at radius 2 is 0.929 bits per heavy atom. The maximum Gasteiger partial charge on any atom is 0.178 e. The van der Waals surface area contributed by atoms with Gasteiger partial charge in [-0.3, -0.25) is 4.79 Å². The van der Waals surface area contributed by atoms with E-state index in [1.807, 2.05) is 38.1 Å². The van der Waals surface area contributed by atoms with Gasteiger partial charge in [-0.2, -0.15) is 0 Å². The van der Waals surface area contributed by atoms with Gasteiger partial charge in [-0.05, 0) is 61.4 Å². The lowest BCUT2D eigenvalue weighted by atomic mass is 10.1. The Hall–Kier alpha value is -3.21. The lowest BCUT2D eigenvalue weighted by molar-refractivity contribution is -0.110. The standard InChI is InChI=1S/C23H26O5/c1-15-20(25-3)11-17(12-21(15)26-4)7-9-19(24)10-8-18-13-22(27-5)16(2)23(14-18)28-6/h7-14H,1-6H3. The number of rotatable bonds is 8. The molecule has 0 spiro atoms. The fourth-order valence-corrected chi connectivity index (χ4v) is 2.82. The van der Waals surface area contributed by atoms with Crippen LogP contribution in [0.3, 0.4) is 0 Å². The molecule has 0 aromatic heterocycles. The number of hydrogen-bond donors (Lipinski definition) is 0. The van der Waals surface area contributed by atoms with E-state index >= 15 is 0 Å². The van der Waals surface area contributed by atoms with E-state index < -0.39 is 0 Å². The number of carbonyl (C=O) groups excluding carboxylic acids is 1. The Kier molecular flexibility index (Phi) is 7.27. The highest BCUT2D eigenvalue weighted by molar-refractivity contribution is 6.04. The quantitative estimate of drug-likeness (QED) is 0.623. The maximum absolute atomic E-state index is 12.2. The predicted octanol–water partition coefficient (Wildman–Crippen LogP) is 4.63. The summed E-state index contributed by atoms with van der Waals surface area (Å²) < 4.78 is 21.4. The Balaban J connectivity index is 2.20. The van der Waals surface area contributed by atoms with Crippen molar-refractivity contribution in [3.8, 4) is 23.0 Å². The first-order valence-electron chi connectivity index (χ1n) is 8.78. The summed E-state index contributed by atoms with van der Waals surface area (Å²) in [5.41, 5.74) is 3.46. The zero-order valence-electron chi connectivity index (χ0n) is 17.2. The average Bonchev–Trinajstić information content (AvgIpc) is 2.71. The van der Waals surface area contributed by atoms with Crippen molar-refractivity contribution in [3.05, 3.63) is 58.7 Å². The zero-order valence-corrected chi connectivity index (χ0v) is 17.2. The van der Waals surface area contributed by atoms with Gasteiger partial charge in [0.05, 0.1) is 28.4 Å². The van der Waals surface area contributed by atoms with E-state index in [1.165, 1.54) is 12.2 Å². The number of ether oxygens (including phenoxy) is 4. The monoisotopic (exact) mass is 382 g/mol. The number of benzene rings is 2. The molecule has 2 aromatic carbocycles. The molecule has 2 rings (SSSR count). The van der Waals surface area contributed by atoms with Crippen molar-refractivity contribution in [3.63, 3.8) is 0 Å². The third-order valence-electron chi connectivity index (χ3n) is 4.43. The van der Waals surface area contributed by atoms with Crippen LogP contribution in [0.25, 0.3) is 12.2 Å². The molecule has 0 N–H and O–H groups in total. The van der Waals surface area contributed by atoms with E-state index in [2.05, 4.69) is 0 Å². The highest BCUT2D eigenvalue weighted by atomic mass is 16.5. The highest BCUT2D eigenvalue weighted by Crippen LogP contribution is 2.31. The van der Waals surface area contributed by atoms with Gasteiger partial charge in [0.2, 0.25) is 0 Å². The third-order valence-corrected chi connectivity index (χ3v) is 4.43. The molecule has 0 aliphatic carbocycles. The molecular weight excluding hydrogens is 356 g/mol. The zero-order chi connectivity index (χ0) is 20.7. The molecule has 0 unspecified atom stereocenters. The van der Waals surface area contributed by atoms with Gasteiger partial charge < -0.3 is 18.9 Å². The molecule has 0 heterocycles. The summed E-state index contributed by atoms with van der Waals surface area (Å²) in [4.78, 5) is 12.2. The molecule has 0 aliphatic heterocycles. The van der Waals surface area contributed by atoms with Crippen LogP contribution in [-0.2, 0) is 4.79 Å². The van der Waals surface area contributed by atoms with Gasteiger partial charge in [0.25, 0.3) is 0 Å². The molecular formula is C23H26O5. The van der Waals surface area contributed by atoms with Gasteiger partial charge in [0.15, 0.2) is 5.78 Å². The summed E-state index contributed by atoms with van der Waals surface area (Å²) in [5, 5.41) is 0. The van der Waals surface area contributed by atoms with Crippen LogP contribution in [0.2, 0.25) is 0 Å². The summed E-state index contributed by atoms with van der Waals surface area (Å²) in [5.74, 6) is 2.69. The van der Waals surface area contributed by atoms with Crippen LogP contribution in [0.5, 0.6) is 23.0 Å². The van der Waals surface area contributed by atoms with Gasteiger partial charge >= 0.3 is 0 Å². The SMILES string of the molecule is COc1cc(C=CC(=O)C=Cc2cc(OC)c(C)c(OC)c2)cc(OC)c1C. The number of methoxy groups -OCH3 is 4. The van der Waals surface area contributed by atoms with Crippen molar-refractivity contribution in [2.45, 2.75) is 13.8 Å². The van der Waals surface area contributed by atoms with Crippen molar-refractivity contribution in [1.29, 1.82) is 0 Å². The molecule has 148 valence electrons. The smallest absolute Gasteiger partial charge is 0.178 e. The molecule has 0 saturated carbocycles. The third kappa shape index (κ3) is 4.94. The number of carbonyl (C=O) groups is 1. The molecule has 0 radical (unpaired) electrons. The highest BCUT2D eigenvalue weighted by Gasteiger charge is 2.08. The second kappa shape index (κ2) is 9.65. The molecule has 28 heavy (non-hydrogen) atoms. The van der Waals surface area contributed by atoms with E-state index in [4.69, 9.17) is 18.9 Å². The molecule has 0 atom stereocenters. The molecule has 0 aliphatic rings. The van der Waals surface area contributed by atoms with Crippen molar-refractivity contribution < 1.29 is 23.7 Å². The molecule has 0 fully saturated rings. The summed E-state index contributed by atoms with van der Waals surface area (Å²) in [6.45, 7) is 3.84. The largest absolute Gasteiger partial charge is 0.496 e. The van der Waals surface area contributed by atoms with Crippen molar-refractivity contribution >= 4 is 17.9 Å². The molecule has 0 bridgehead atoms. The van der Waals surface area contributed by atoms with Gasteiger partial charge in [-0.25, -0.2) is 0 Å². The number of hydrogen-bond acceptors (Lipinski definition) is 5. The normalized spacial score (nSPS) is 11.1. The van der Waals surface area contributed by atoms with Crippen LogP contribution < -0.4 is 18.9 Å². The average molecular weight is 382 g/mol. The van der Waals surface area contributed by atoms with Crippen LogP contribution in [0.1, 0.15) is 22.3 Å². The minimum Gasteiger partial charge on any atom is -0.496 e. The second-order valence-corrected chi connectivity index (χ2v) is 6.17. The van der Waals surface area contributed by atoms with Crippen LogP contribution in [0.15, 0.2) is 36.4 Å². The first kappa shape index (κ1) is 21.1. The Morgan fingerprint density at radius 3 is 1.18 bits per heavy atom.